The summed E-state index contributed by atoms with van der Waals surface area (Å²) >= 11 is 0.421. The van der Waals surface area contributed by atoms with Gasteiger partial charge in [0.2, 0.25) is 0 Å². The van der Waals surface area contributed by atoms with Crippen LogP contribution in [0.25, 0.3) is 0 Å². The summed E-state index contributed by atoms with van der Waals surface area (Å²) in [5.74, 6) is -2.51. The first-order chi connectivity index (χ1) is 11.5. The molecule has 1 N–H and O–H groups in total. The third-order valence-corrected chi connectivity index (χ3v) is 6.91. The molecule has 7 heteroatoms. The Morgan fingerprint density at radius 2 is 1.28 bits per heavy atom. The molecule has 25 heavy (non-hydrogen) atoms. The molecule has 0 heterocycles. The largest absolute Gasteiger partial charge is 0.288 e. The van der Waals surface area contributed by atoms with Gasteiger partial charge in [-0.2, -0.15) is 8.78 Å². The summed E-state index contributed by atoms with van der Waals surface area (Å²) in [7, 11) is -3.78. The lowest BCUT2D eigenvalue weighted by molar-refractivity contribution is 0.252. The second-order valence-electron chi connectivity index (χ2n) is 5.96. The molecule has 0 aliphatic heterocycles. The Morgan fingerprint density at radius 1 is 0.840 bits per heavy atom. The highest BCUT2D eigenvalue weighted by atomic mass is 32.2. The molecule has 0 spiro atoms. The SMILES string of the molecule is Cc1c(C)c(C)c(S(=O)(=O)Nc2ccc(SC(F)F)cc2)c(C)c1C. The summed E-state index contributed by atoms with van der Waals surface area (Å²) in [6.45, 7) is 9.39. The lowest BCUT2D eigenvalue weighted by Crippen LogP contribution is -2.17. The molecule has 0 radical (unpaired) electrons. The minimum Gasteiger partial charge on any atom is -0.280 e. The summed E-state index contributed by atoms with van der Waals surface area (Å²) in [6.07, 6.45) is 0. The molecule has 0 aromatic heterocycles. The maximum atomic E-state index is 12.9. The molecular weight excluding hydrogens is 364 g/mol. The van der Waals surface area contributed by atoms with Crippen LogP contribution in [0.2, 0.25) is 0 Å². The van der Waals surface area contributed by atoms with E-state index in [0.717, 1.165) is 27.8 Å². The number of rotatable bonds is 5. The van der Waals surface area contributed by atoms with Crippen LogP contribution in [0.1, 0.15) is 27.8 Å². The van der Waals surface area contributed by atoms with E-state index >= 15 is 0 Å². The summed E-state index contributed by atoms with van der Waals surface area (Å²) in [6, 6.07) is 5.92. The van der Waals surface area contributed by atoms with Crippen molar-refractivity contribution in [3.8, 4) is 0 Å². The van der Waals surface area contributed by atoms with Crippen molar-refractivity contribution >= 4 is 27.5 Å². The van der Waals surface area contributed by atoms with Crippen LogP contribution >= 0.6 is 11.8 Å². The zero-order valence-electron chi connectivity index (χ0n) is 14.8. The van der Waals surface area contributed by atoms with Gasteiger partial charge in [-0.25, -0.2) is 8.42 Å². The van der Waals surface area contributed by atoms with Gasteiger partial charge in [-0.15, -0.1) is 0 Å². The third-order valence-electron chi connectivity index (χ3n) is 4.53. The van der Waals surface area contributed by atoms with Crippen molar-refractivity contribution in [1.82, 2.24) is 0 Å². The maximum absolute atomic E-state index is 12.9. The van der Waals surface area contributed by atoms with Gasteiger partial charge in [0.15, 0.2) is 0 Å². The van der Waals surface area contributed by atoms with E-state index in [1.54, 1.807) is 13.8 Å². The highest BCUT2D eigenvalue weighted by Gasteiger charge is 2.23. The van der Waals surface area contributed by atoms with Gasteiger partial charge in [-0.3, -0.25) is 4.72 Å². The fourth-order valence-electron chi connectivity index (χ4n) is 2.78. The van der Waals surface area contributed by atoms with Crippen LogP contribution in [0.15, 0.2) is 34.1 Å². The van der Waals surface area contributed by atoms with E-state index < -0.39 is 15.8 Å². The number of thioether (sulfide) groups is 1. The molecule has 2 aromatic carbocycles. The molecule has 2 rings (SSSR count). The van der Waals surface area contributed by atoms with Crippen molar-refractivity contribution in [3.63, 3.8) is 0 Å². The molecule has 0 saturated heterocycles. The molecule has 0 aliphatic carbocycles. The van der Waals surface area contributed by atoms with E-state index in [0.29, 0.717) is 22.3 Å². The first-order valence-corrected chi connectivity index (χ1v) is 10.1. The zero-order chi connectivity index (χ0) is 18.9. The Kier molecular flexibility index (Phi) is 5.79. The molecule has 0 unspecified atom stereocenters. The van der Waals surface area contributed by atoms with Gasteiger partial charge in [0, 0.05) is 10.6 Å². The van der Waals surface area contributed by atoms with Crippen molar-refractivity contribution in [3.05, 3.63) is 52.1 Å². The van der Waals surface area contributed by atoms with E-state index in [1.165, 1.54) is 24.3 Å². The summed E-state index contributed by atoms with van der Waals surface area (Å²) < 4.78 is 53.0. The van der Waals surface area contributed by atoms with Gasteiger partial charge in [0.05, 0.1) is 4.90 Å². The van der Waals surface area contributed by atoms with E-state index in [9.17, 15) is 17.2 Å². The van der Waals surface area contributed by atoms with Crippen LogP contribution in [0.3, 0.4) is 0 Å². The number of sulfonamides is 1. The van der Waals surface area contributed by atoms with E-state index in [2.05, 4.69) is 4.72 Å². The molecule has 0 aliphatic rings. The van der Waals surface area contributed by atoms with Crippen LogP contribution in [0.5, 0.6) is 0 Å². The standard InChI is InChI=1S/C18H21F2NO2S2/c1-10-11(2)13(4)17(14(5)12(10)3)25(22,23)21-15-6-8-16(9-7-15)24-18(19)20/h6-9,18,21H,1-5H3. The summed E-state index contributed by atoms with van der Waals surface area (Å²) in [5.41, 5.74) is 4.77. The minimum atomic E-state index is -3.78. The number of benzene rings is 2. The van der Waals surface area contributed by atoms with Gasteiger partial charge in [-0.1, -0.05) is 11.8 Å². The van der Waals surface area contributed by atoms with Crippen LogP contribution in [-0.4, -0.2) is 14.2 Å². The minimum absolute atomic E-state index is 0.277. The van der Waals surface area contributed by atoms with Gasteiger partial charge in [0.1, 0.15) is 0 Å². The predicted octanol–water partition coefficient (Wildman–Crippen LogP) is 5.34. The van der Waals surface area contributed by atoms with Gasteiger partial charge >= 0.3 is 0 Å². The molecule has 136 valence electrons. The van der Waals surface area contributed by atoms with Crippen LogP contribution in [0, 0.1) is 34.6 Å². The highest BCUT2D eigenvalue weighted by molar-refractivity contribution is 7.99. The van der Waals surface area contributed by atoms with Crippen LogP contribution in [-0.2, 0) is 10.0 Å². The Hall–Kier alpha value is -1.60. The second kappa shape index (κ2) is 7.33. The maximum Gasteiger partial charge on any atom is 0.288 e. The van der Waals surface area contributed by atoms with Crippen molar-refractivity contribution in [2.45, 2.75) is 50.2 Å². The predicted molar refractivity (Wildman–Crippen MR) is 99.2 cm³/mol. The number of nitrogens with one attached hydrogen (secondary N) is 1. The molecule has 0 bridgehead atoms. The second-order valence-corrected chi connectivity index (χ2v) is 8.65. The van der Waals surface area contributed by atoms with Crippen LogP contribution in [0.4, 0.5) is 14.5 Å². The topological polar surface area (TPSA) is 46.2 Å². The van der Waals surface area contributed by atoms with E-state index in [4.69, 9.17) is 0 Å². The number of halogens is 2. The molecule has 3 nitrogen and oxygen atoms in total. The Labute approximate surface area is 151 Å². The fourth-order valence-corrected chi connectivity index (χ4v) is 4.94. The lowest BCUT2D eigenvalue weighted by Gasteiger charge is -2.19. The molecule has 2 aromatic rings. The average Bonchev–Trinajstić information content (AvgIpc) is 2.52. The molecule has 0 atom stereocenters. The lowest BCUT2D eigenvalue weighted by atomic mass is 9.95. The van der Waals surface area contributed by atoms with Crippen molar-refractivity contribution < 1.29 is 17.2 Å². The molecular formula is C18H21F2NO2S2. The normalized spacial score (nSPS) is 11.8. The van der Waals surface area contributed by atoms with E-state index in [1.807, 2.05) is 20.8 Å². The fraction of sp³-hybridized carbons (Fsp3) is 0.333. The number of hydrogen-bond donors (Lipinski definition) is 1. The quantitative estimate of drug-likeness (QED) is 0.706. The third kappa shape index (κ3) is 4.15. The van der Waals surface area contributed by atoms with Crippen LogP contribution < -0.4 is 4.72 Å². The monoisotopic (exact) mass is 385 g/mol. The average molecular weight is 386 g/mol. The van der Waals surface area contributed by atoms with Crippen molar-refractivity contribution in [1.29, 1.82) is 0 Å². The summed E-state index contributed by atoms with van der Waals surface area (Å²) in [4.78, 5) is 0.659. The van der Waals surface area contributed by atoms with Gasteiger partial charge in [-0.05, 0) is 86.7 Å². The van der Waals surface area contributed by atoms with E-state index in [-0.39, 0.29) is 4.90 Å². The van der Waals surface area contributed by atoms with Gasteiger partial charge < -0.3 is 0 Å². The molecule has 0 amide bonds. The zero-order valence-corrected chi connectivity index (χ0v) is 16.4. The Balaban J connectivity index is 2.41. The van der Waals surface area contributed by atoms with Gasteiger partial charge in [0.25, 0.3) is 15.8 Å². The summed E-state index contributed by atoms with van der Waals surface area (Å²) in [5, 5.41) is 0. The smallest absolute Gasteiger partial charge is 0.280 e. The molecule has 0 fully saturated rings. The first kappa shape index (κ1) is 19.7. The number of anilines is 1. The number of hydrogen-bond acceptors (Lipinski definition) is 3. The Bertz CT molecular complexity index is 863. The first-order valence-electron chi connectivity index (χ1n) is 7.69. The van der Waals surface area contributed by atoms with Crippen molar-refractivity contribution in [2.75, 3.05) is 4.72 Å². The van der Waals surface area contributed by atoms with Crippen molar-refractivity contribution in [2.24, 2.45) is 0 Å². The number of alkyl halides is 2. The molecule has 0 saturated carbocycles. The highest BCUT2D eigenvalue weighted by Crippen LogP contribution is 2.31. The Morgan fingerprint density at radius 3 is 1.72 bits per heavy atom.